The summed E-state index contributed by atoms with van der Waals surface area (Å²) in [7, 11) is 0. The van der Waals surface area contributed by atoms with Crippen molar-refractivity contribution in [1.82, 2.24) is 20.4 Å². The highest BCUT2D eigenvalue weighted by atomic mass is 79.9. The highest BCUT2D eigenvalue weighted by molar-refractivity contribution is 9.10. The molecule has 3 aromatic rings. The second-order valence-electron chi connectivity index (χ2n) is 6.47. The van der Waals surface area contributed by atoms with Crippen molar-refractivity contribution in [3.05, 3.63) is 70.5 Å². The molecule has 0 radical (unpaired) electrons. The van der Waals surface area contributed by atoms with E-state index in [1.165, 1.54) is 0 Å². The Balaban J connectivity index is 1.59. The number of hydrogen-bond acceptors (Lipinski definition) is 5. The van der Waals surface area contributed by atoms with Gasteiger partial charge in [0.05, 0.1) is 0 Å². The van der Waals surface area contributed by atoms with Crippen molar-refractivity contribution in [1.29, 1.82) is 0 Å². The molecule has 1 unspecified atom stereocenters. The van der Waals surface area contributed by atoms with Gasteiger partial charge in [-0.15, -0.1) is 0 Å². The average molecular weight is 441 g/mol. The number of carbonyl (C=O) groups excluding carboxylic acids is 2. The largest absolute Gasteiger partial charge is 0.337 e. The Bertz CT molecular complexity index is 1040. The van der Waals surface area contributed by atoms with Crippen molar-refractivity contribution in [3.63, 3.8) is 0 Å². The van der Waals surface area contributed by atoms with Crippen LogP contribution in [0.15, 0.2) is 63.6 Å². The van der Waals surface area contributed by atoms with Gasteiger partial charge in [-0.2, -0.15) is 4.98 Å². The zero-order valence-corrected chi connectivity index (χ0v) is 16.6. The lowest BCUT2D eigenvalue weighted by Crippen LogP contribution is -2.43. The van der Waals surface area contributed by atoms with E-state index in [2.05, 4.69) is 31.4 Å². The minimum atomic E-state index is -1.08. The van der Waals surface area contributed by atoms with Crippen LogP contribution in [0.25, 0.3) is 11.4 Å². The number of nitrogens with zero attached hydrogens (tertiary/aromatic N) is 3. The lowest BCUT2D eigenvalue weighted by molar-refractivity contribution is -0.132. The molecule has 1 aliphatic rings. The number of nitrogens with one attached hydrogen (secondary N) is 1. The number of urea groups is 1. The van der Waals surface area contributed by atoms with Gasteiger partial charge in [0.25, 0.3) is 5.91 Å². The quantitative estimate of drug-likeness (QED) is 0.608. The number of rotatable bonds is 5. The van der Waals surface area contributed by atoms with Gasteiger partial charge in [-0.25, -0.2) is 4.79 Å². The van der Waals surface area contributed by atoms with Gasteiger partial charge in [-0.05, 0) is 24.1 Å². The number of hydrogen-bond donors (Lipinski definition) is 1. The van der Waals surface area contributed by atoms with E-state index in [1.54, 1.807) is 0 Å². The van der Waals surface area contributed by atoms with E-state index in [1.807, 2.05) is 61.5 Å². The highest BCUT2D eigenvalue weighted by Gasteiger charge is 2.51. The second kappa shape index (κ2) is 7.20. The Morgan fingerprint density at radius 3 is 2.64 bits per heavy atom. The van der Waals surface area contributed by atoms with E-state index in [9.17, 15) is 9.59 Å². The molecule has 8 heteroatoms. The lowest BCUT2D eigenvalue weighted by Gasteiger charge is -2.25. The number of aromatic nitrogens is 2. The van der Waals surface area contributed by atoms with Crippen molar-refractivity contribution in [2.24, 2.45) is 0 Å². The Morgan fingerprint density at radius 2 is 1.93 bits per heavy atom. The van der Waals surface area contributed by atoms with E-state index >= 15 is 0 Å². The first-order chi connectivity index (χ1) is 13.5. The second-order valence-corrected chi connectivity index (χ2v) is 7.38. The lowest BCUT2D eigenvalue weighted by atomic mass is 9.87. The van der Waals surface area contributed by atoms with E-state index in [0.717, 1.165) is 20.5 Å². The molecule has 0 spiro atoms. The fourth-order valence-electron chi connectivity index (χ4n) is 3.33. The molecule has 142 valence electrons. The molecule has 1 fully saturated rings. The van der Waals surface area contributed by atoms with E-state index in [0.29, 0.717) is 12.2 Å². The third-order valence-corrected chi connectivity index (χ3v) is 5.31. The first-order valence-corrected chi connectivity index (χ1v) is 9.61. The SMILES string of the molecule is CCC1(c2ccccc2)NC(=O)N(Cc2nc(-c3cccc(Br)c3)no2)C1=O. The standard InChI is InChI=1S/C20H17BrN4O3/c1-2-20(14-8-4-3-5-9-14)18(26)25(19(27)23-20)12-16-22-17(24-28-16)13-7-6-10-15(21)11-13/h3-11H,2,12H2,1H3,(H,23,27). The maximum Gasteiger partial charge on any atom is 0.325 e. The molecular formula is C20H17BrN4O3. The zero-order chi connectivity index (χ0) is 19.7. The van der Waals surface area contributed by atoms with Gasteiger partial charge < -0.3 is 9.84 Å². The van der Waals surface area contributed by atoms with Gasteiger partial charge in [0.1, 0.15) is 12.1 Å². The van der Waals surface area contributed by atoms with Crippen LogP contribution in [0.1, 0.15) is 24.8 Å². The fraction of sp³-hybridized carbons (Fsp3) is 0.200. The number of benzene rings is 2. The van der Waals surface area contributed by atoms with Crippen molar-refractivity contribution >= 4 is 27.9 Å². The van der Waals surface area contributed by atoms with Gasteiger partial charge in [0.15, 0.2) is 0 Å². The zero-order valence-electron chi connectivity index (χ0n) is 15.1. The van der Waals surface area contributed by atoms with E-state index in [-0.39, 0.29) is 18.3 Å². The Labute approximate surface area is 169 Å². The molecule has 0 bridgehead atoms. The van der Waals surface area contributed by atoms with Crippen LogP contribution in [0, 0.1) is 0 Å². The summed E-state index contributed by atoms with van der Waals surface area (Å²) >= 11 is 3.40. The van der Waals surface area contributed by atoms with Crippen LogP contribution < -0.4 is 5.32 Å². The molecule has 28 heavy (non-hydrogen) atoms. The Hall–Kier alpha value is -3.00. The van der Waals surface area contributed by atoms with Crippen LogP contribution in [-0.4, -0.2) is 27.0 Å². The first-order valence-electron chi connectivity index (χ1n) is 8.81. The fourth-order valence-corrected chi connectivity index (χ4v) is 3.73. The third kappa shape index (κ3) is 3.09. The summed E-state index contributed by atoms with van der Waals surface area (Å²) in [6, 6.07) is 16.2. The van der Waals surface area contributed by atoms with Gasteiger partial charge in [0, 0.05) is 10.0 Å². The van der Waals surface area contributed by atoms with E-state index in [4.69, 9.17) is 4.52 Å². The molecule has 7 nitrogen and oxygen atoms in total. The van der Waals surface area contributed by atoms with Crippen LogP contribution in [0.5, 0.6) is 0 Å². The average Bonchev–Trinajstić information content (AvgIpc) is 3.28. The van der Waals surface area contributed by atoms with Crippen LogP contribution in [0.3, 0.4) is 0 Å². The molecule has 2 heterocycles. The molecule has 0 aliphatic carbocycles. The number of halogens is 1. The summed E-state index contributed by atoms with van der Waals surface area (Å²) in [6.45, 7) is 1.78. The molecule has 4 rings (SSSR count). The van der Waals surface area contributed by atoms with Crippen molar-refractivity contribution in [3.8, 4) is 11.4 Å². The summed E-state index contributed by atoms with van der Waals surface area (Å²) in [6.07, 6.45) is 0.436. The summed E-state index contributed by atoms with van der Waals surface area (Å²) in [5.41, 5.74) is 0.443. The number of amides is 3. The molecule has 1 aliphatic heterocycles. The van der Waals surface area contributed by atoms with Crippen LogP contribution in [0.4, 0.5) is 4.79 Å². The monoisotopic (exact) mass is 440 g/mol. The Kier molecular flexibility index (Phi) is 4.72. The summed E-state index contributed by atoms with van der Waals surface area (Å²) in [5, 5.41) is 6.80. The van der Waals surface area contributed by atoms with Gasteiger partial charge >= 0.3 is 6.03 Å². The molecule has 3 amide bonds. The van der Waals surface area contributed by atoms with Crippen LogP contribution in [0.2, 0.25) is 0 Å². The molecule has 1 N–H and O–H groups in total. The summed E-state index contributed by atoms with van der Waals surface area (Å²) < 4.78 is 6.16. The highest BCUT2D eigenvalue weighted by Crippen LogP contribution is 2.33. The van der Waals surface area contributed by atoms with Crippen molar-refractivity contribution in [2.45, 2.75) is 25.4 Å². The van der Waals surface area contributed by atoms with E-state index < -0.39 is 11.6 Å². The molecule has 1 saturated heterocycles. The van der Waals surface area contributed by atoms with Crippen molar-refractivity contribution in [2.75, 3.05) is 0 Å². The molecular weight excluding hydrogens is 424 g/mol. The number of carbonyl (C=O) groups is 2. The molecule has 1 atom stereocenters. The Morgan fingerprint density at radius 1 is 1.14 bits per heavy atom. The van der Waals surface area contributed by atoms with Gasteiger partial charge in [-0.3, -0.25) is 9.69 Å². The molecule has 0 saturated carbocycles. The summed E-state index contributed by atoms with van der Waals surface area (Å²) in [4.78, 5) is 31.1. The van der Waals surface area contributed by atoms with Gasteiger partial charge in [0.2, 0.25) is 11.7 Å². The van der Waals surface area contributed by atoms with Crippen LogP contribution >= 0.6 is 15.9 Å². The molecule has 1 aromatic heterocycles. The minimum Gasteiger partial charge on any atom is -0.337 e. The maximum atomic E-state index is 13.1. The van der Waals surface area contributed by atoms with Crippen LogP contribution in [-0.2, 0) is 16.9 Å². The summed E-state index contributed by atoms with van der Waals surface area (Å²) in [5.74, 6) is 0.264. The molecule has 2 aromatic carbocycles. The predicted octanol–water partition coefficient (Wildman–Crippen LogP) is 3.86. The topological polar surface area (TPSA) is 88.3 Å². The third-order valence-electron chi connectivity index (χ3n) is 4.82. The maximum absolute atomic E-state index is 13.1. The minimum absolute atomic E-state index is 0.0831. The number of imide groups is 1. The predicted molar refractivity (Wildman–Crippen MR) is 105 cm³/mol. The van der Waals surface area contributed by atoms with Crippen molar-refractivity contribution < 1.29 is 14.1 Å². The smallest absolute Gasteiger partial charge is 0.325 e. The first kappa shape index (κ1) is 18.4. The van der Waals surface area contributed by atoms with Gasteiger partial charge in [-0.1, -0.05) is 70.5 Å². The normalized spacial score (nSPS) is 19.1.